The van der Waals surface area contributed by atoms with Crippen LogP contribution in [0.5, 0.6) is 0 Å². The number of alkyl halides is 3. The third-order valence-corrected chi connectivity index (χ3v) is 5.04. The van der Waals surface area contributed by atoms with Gasteiger partial charge in [-0.15, -0.1) is 0 Å². The van der Waals surface area contributed by atoms with Crippen LogP contribution in [-0.2, 0) is 6.18 Å². The highest BCUT2D eigenvalue weighted by atomic mass is 19.4. The van der Waals surface area contributed by atoms with E-state index in [0.29, 0.717) is 16.8 Å². The number of H-pyrrole nitrogens is 1. The molecule has 4 rings (SSSR count). The summed E-state index contributed by atoms with van der Waals surface area (Å²) < 4.78 is 41.4. The third kappa shape index (κ3) is 2.87. The summed E-state index contributed by atoms with van der Waals surface area (Å²) in [4.78, 5) is 17.5. The molecule has 1 N–H and O–H groups in total. The number of aromatic nitrogens is 3. The molecule has 0 atom stereocenters. The molecule has 8 heteroatoms. The van der Waals surface area contributed by atoms with Gasteiger partial charge in [-0.25, -0.2) is 9.50 Å². The molecular formula is C20H17F3N4O. The van der Waals surface area contributed by atoms with Crippen molar-refractivity contribution in [1.29, 1.82) is 5.26 Å². The highest BCUT2D eigenvalue weighted by Crippen LogP contribution is 2.47. The second-order valence-electron chi connectivity index (χ2n) is 7.37. The molecule has 0 saturated heterocycles. The van der Waals surface area contributed by atoms with Crippen LogP contribution < -0.4 is 5.56 Å². The standard InChI is InChI=1S/C20H17F3N4O/c1-10(2)16-17(26-18-13(8-24)9-25-27(18)19(16)28)12-5-6-15(20(21,22)23)14(7-12)11-3-4-11/h5-7,9-11,25H,3-4H2,1-2H3. The van der Waals surface area contributed by atoms with Crippen LogP contribution >= 0.6 is 0 Å². The minimum atomic E-state index is -4.43. The average molecular weight is 386 g/mol. The van der Waals surface area contributed by atoms with E-state index in [4.69, 9.17) is 0 Å². The first kappa shape index (κ1) is 18.3. The molecule has 1 saturated carbocycles. The van der Waals surface area contributed by atoms with E-state index in [9.17, 15) is 23.2 Å². The molecule has 0 unspecified atom stereocenters. The number of nitrogens with one attached hydrogen (secondary N) is 1. The lowest BCUT2D eigenvalue weighted by atomic mass is 9.94. The molecule has 0 aliphatic heterocycles. The van der Waals surface area contributed by atoms with Crippen LogP contribution in [0, 0.1) is 11.3 Å². The van der Waals surface area contributed by atoms with Gasteiger partial charge in [-0.3, -0.25) is 9.89 Å². The Kier molecular flexibility index (Phi) is 4.07. The van der Waals surface area contributed by atoms with E-state index >= 15 is 0 Å². The van der Waals surface area contributed by atoms with Gasteiger partial charge in [0.1, 0.15) is 11.6 Å². The van der Waals surface area contributed by atoms with Gasteiger partial charge in [0.05, 0.1) is 11.3 Å². The van der Waals surface area contributed by atoms with Crippen LogP contribution in [0.2, 0.25) is 0 Å². The zero-order chi connectivity index (χ0) is 20.2. The van der Waals surface area contributed by atoms with Crippen molar-refractivity contribution in [2.75, 3.05) is 0 Å². The second-order valence-corrected chi connectivity index (χ2v) is 7.37. The molecule has 1 fully saturated rings. The van der Waals surface area contributed by atoms with E-state index in [0.717, 1.165) is 18.9 Å². The van der Waals surface area contributed by atoms with Crippen LogP contribution in [0.25, 0.3) is 16.9 Å². The first-order chi connectivity index (χ1) is 13.2. The summed E-state index contributed by atoms with van der Waals surface area (Å²) >= 11 is 0. The Morgan fingerprint density at radius 1 is 1.32 bits per heavy atom. The lowest BCUT2D eigenvalue weighted by Gasteiger charge is -2.16. The summed E-state index contributed by atoms with van der Waals surface area (Å²) in [6.07, 6.45) is -1.60. The van der Waals surface area contributed by atoms with Crippen molar-refractivity contribution in [3.05, 3.63) is 57.0 Å². The quantitative estimate of drug-likeness (QED) is 0.716. The van der Waals surface area contributed by atoms with Crippen molar-refractivity contribution in [3.8, 4) is 17.3 Å². The van der Waals surface area contributed by atoms with Gasteiger partial charge >= 0.3 is 6.18 Å². The summed E-state index contributed by atoms with van der Waals surface area (Å²) in [5.74, 6) is -0.321. The first-order valence-electron chi connectivity index (χ1n) is 8.98. The van der Waals surface area contributed by atoms with Crippen molar-refractivity contribution >= 4 is 5.65 Å². The van der Waals surface area contributed by atoms with Crippen molar-refractivity contribution in [2.24, 2.45) is 0 Å². The molecule has 3 aromatic rings. The Bertz CT molecular complexity index is 1180. The maximum atomic E-state index is 13.4. The maximum absolute atomic E-state index is 13.4. The highest BCUT2D eigenvalue weighted by molar-refractivity contribution is 5.69. The summed E-state index contributed by atoms with van der Waals surface area (Å²) in [5.41, 5.74) is 0.797. The van der Waals surface area contributed by atoms with Crippen LogP contribution in [0.1, 0.15) is 60.8 Å². The summed E-state index contributed by atoms with van der Waals surface area (Å²) in [6, 6.07) is 5.90. The predicted molar refractivity (Wildman–Crippen MR) is 97.0 cm³/mol. The smallest absolute Gasteiger partial charge is 0.295 e. The van der Waals surface area contributed by atoms with Crippen molar-refractivity contribution in [1.82, 2.24) is 14.6 Å². The monoisotopic (exact) mass is 386 g/mol. The molecule has 2 aromatic heterocycles. The molecule has 2 heterocycles. The maximum Gasteiger partial charge on any atom is 0.416 e. The van der Waals surface area contributed by atoms with Crippen molar-refractivity contribution in [3.63, 3.8) is 0 Å². The largest absolute Gasteiger partial charge is 0.416 e. The van der Waals surface area contributed by atoms with Gasteiger partial charge in [0, 0.05) is 17.3 Å². The van der Waals surface area contributed by atoms with Gasteiger partial charge in [0.25, 0.3) is 5.56 Å². The Morgan fingerprint density at radius 2 is 2.04 bits per heavy atom. The number of halogens is 3. The van der Waals surface area contributed by atoms with Gasteiger partial charge in [0.15, 0.2) is 5.65 Å². The number of rotatable bonds is 3. The highest BCUT2D eigenvalue weighted by Gasteiger charge is 2.38. The number of aromatic amines is 1. The van der Waals surface area contributed by atoms with Gasteiger partial charge in [0.2, 0.25) is 0 Å². The minimum absolute atomic E-state index is 0.120. The number of benzene rings is 1. The Labute approximate surface area is 158 Å². The zero-order valence-corrected chi connectivity index (χ0v) is 15.3. The number of nitriles is 1. The van der Waals surface area contributed by atoms with Crippen LogP contribution in [0.15, 0.2) is 29.2 Å². The number of nitrogens with zero attached hydrogens (tertiary/aromatic N) is 3. The van der Waals surface area contributed by atoms with E-state index in [1.807, 2.05) is 19.9 Å². The summed E-state index contributed by atoms with van der Waals surface area (Å²) in [6.45, 7) is 3.66. The first-order valence-corrected chi connectivity index (χ1v) is 8.98. The summed E-state index contributed by atoms with van der Waals surface area (Å²) in [7, 11) is 0. The van der Waals surface area contributed by atoms with E-state index in [2.05, 4.69) is 10.1 Å². The molecule has 1 aliphatic rings. The van der Waals surface area contributed by atoms with Crippen LogP contribution in [-0.4, -0.2) is 14.6 Å². The lowest BCUT2D eigenvalue weighted by molar-refractivity contribution is -0.138. The Hall–Kier alpha value is -3.08. The molecule has 0 radical (unpaired) electrons. The fourth-order valence-electron chi connectivity index (χ4n) is 3.55. The molecular weight excluding hydrogens is 369 g/mol. The molecule has 5 nitrogen and oxygen atoms in total. The van der Waals surface area contributed by atoms with E-state index in [1.54, 1.807) is 0 Å². The fraction of sp³-hybridized carbons (Fsp3) is 0.350. The molecule has 1 aromatic carbocycles. The molecule has 0 spiro atoms. The second kappa shape index (κ2) is 6.23. The average Bonchev–Trinajstić information content (AvgIpc) is 3.39. The van der Waals surface area contributed by atoms with Gasteiger partial charge in [-0.05, 0) is 42.4 Å². The molecule has 0 amide bonds. The Balaban J connectivity index is 2.01. The normalized spacial score (nSPS) is 14.6. The lowest BCUT2D eigenvalue weighted by Crippen LogP contribution is -2.22. The van der Waals surface area contributed by atoms with Crippen LogP contribution in [0.4, 0.5) is 13.2 Å². The zero-order valence-electron chi connectivity index (χ0n) is 15.3. The summed E-state index contributed by atoms with van der Waals surface area (Å²) in [5, 5.41) is 12.0. The predicted octanol–water partition coefficient (Wildman–Crippen LogP) is 4.58. The number of hydrogen-bond donors (Lipinski definition) is 1. The van der Waals surface area contributed by atoms with E-state index < -0.39 is 11.7 Å². The number of hydrogen-bond acceptors (Lipinski definition) is 3. The molecule has 0 bridgehead atoms. The molecule has 28 heavy (non-hydrogen) atoms. The van der Waals surface area contributed by atoms with Gasteiger partial charge in [-0.1, -0.05) is 19.9 Å². The topological polar surface area (TPSA) is 73.9 Å². The van der Waals surface area contributed by atoms with Crippen molar-refractivity contribution in [2.45, 2.75) is 44.7 Å². The van der Waals surface area contributed by atoms with Gasteiger partial charge < -0.3 is 0 Å². The minimum Gasteiger partial charge on any atom is -0.295 e. The van der Waals surface area contributed by atoms with E-state index in [-0.39, 0.29) is 34.2 Å². The van der Waals surface area contributed by atoms with Gasteiger partial charge in [-0.2, -0.15) is 18.4 Å². The van der Waals surface area contributed by atoms with E-state index in [1.165, 1.54) is 22.8 Å². The fourth-order valence-corrected chi connectivity index (χ4v) is 3.55. The van der Waals surface area contributed by atoms with Crippen LogP contribution in [0.3, 0.4) is 0 Å². The molecule has 144 valence electrons. The Morgan fingerprint density at radius 3 is 2.61 bits per heavy atom. The SMILES string of the molecule is CC(C)c1c(-c2ccc(C(F)(F)F)c(C3CC3)c2)nc2c(C#N)c[nH]n2c1=O. The van der Waals surface area contributed by atoms with Crippen molar-refractivity contribution < 1.29 is 13.2 Å². The molecule has 1 aliphatic carbocycles. The third-order valence-electron chi connectivity index (χ3n) is 5.04. The number of fused-ring (bicyclic) bond motifs is 1.